The van der Waals surface area contributed by atoms with Gasteiger partial charge in [0, 0.05) is 6.54 Å². The van der Waals surface area contributed by atoms with Crippen LogP contribution in [0.2, 0.25) is 0 Å². The van der Waals surface area contributed by atoms with Crippen LogP contribution in [0, 0.1) is 5.92 Å². The van der Waals surface area contributed by atoms with Gasteiger partial charge in [-0.05, 0) is 38.5 Å². The maximum Gasteiger partial charge on any atom is 0.262 e. The van der Waals surface area contributed by atoms with Gasteiger partial charge in [-0.25, -0.2) is 4.98 Å². The molecule has 1 aromatic rings. The quantitative estimate of drug-likeness (QED) is 0.866. The normalized spacial score (nSPS) is 22.4. The molecule has 20 heavy (non-hydrogen) atoms. The second-order valence-corrected chi connectivity index (χ2v) is 5.20. The van der Waals surface area contributed by atoms with Gasteiger partial charge in [-0.3, -0.25) is 0 Å². The topological polar surface area (TPSA) is 56.3 Å². The summed E-state index contributed by atoms with van der Waals surface area (Å²) in [6.07, 6.45) is 7.80. The van der Waals surface area contributed by atoms with E-state index in [0.717, 1.165) is 19.4 Å². The van der Waals surface area contributed by atoms with Gasteiger partial charge in [-0.15, -0.1) is 0 Å². The largest absolute Gasteiger partial charge is 0.489 e. The van der Waals surface area contributed by atoms with E-state index in [2.05, 4.69) is 22.2 Å². The van der Waals surface area contributed by atoms with Gasteiger partial charge in [0.1, 0.15) is 12.4 Å². The monoisotopic (exact) mass is 279 g/mol. The molecule has 2 rings (SSSR count). The molecular weight excluding hydrogens is 254 g/mol. The molecule has 1 N–H and O–H groups in total. The summed E-state index contributed by atoms with van der Waals surface area (Å²) in [4.78, 5) is 8.46. The minimum atomic E-state index is 0.243. The van der Waals surface area contributed by atoms with Crippen LogP contribution in [0.1, 0.15) is 46.0 Å². The zero-order valence-corrected chi connectivity index (χ0v) is 12.7. The summed E-state index contributed by atoms with van der Waals surface area (Å²) in [6.45, 7) is 5.04. The number of ether oxygens (including phenoxy) is 2. The van der Waals surface area contributed by atoms with Gasteiger partial charge >= 0.3 is 0 Å². The third-order valence-electron chi connectivity index (χ3n) is 3.95. The molecule has 5 heteroatoms. The van der Waals surface area contributed by atoms with Gasteiger partial charge < -0.3 is 14.8 Å². The average molecular weight is 279 g/mol. The van der Waals surface area contributed by atoms with E-state index in [4.69, 9.17) is 9.47 Å². The van der Waals surface area contributed by atoms with E-state index in [1.54, 1.807) is 7.11 Å². The lowest BCUT2D eigenvalue weighted by Gasteiger charge is -2.31. The molecule has 112 valence electrons. The highest BCUT2D eigenvalue weighted by Gasteiger charge is 2.27. The van der Waals surface area contributed by atoms with E-state index < -0.39 is 0 Å². The fourth-order valence-electron chi connectivity index (χ4n) is 2.86. The molecule has 0 saturated heterocycles. The molecule has 0 aromatic carbocycles. The molecule has 2 unspecified atom stereocenters. The van der Waals surface area contributed by atoms with Crippen molar-refractivity contribution in [1.82, 2.24) is 9.97 Å². The molecular formula is C15H25N3O2. The van der Waals surface area contributed by atoms with Crippen molar-refractivity contribution in [2.45, 2.75) is 52.1 Å². The summed E-state index contributed by atoms with van der Waals surface area (Å²) in [7, 11) is 1.63. The molecule has 1 heterocycles. The van der Waals surface area contributed by atoms with Crippen LogP contribution in [0.15, 0.2) is 6.33 Å². The highest BCUT2D eigenvalue weighted by atomic mass is 16.5. The Bertz CT molecular complexity index is 426. The molecule has 1 aliphatic rings. The average Bonchev–Trinajstić information content (AvgIpc) is 2.48. The van der Waals surface area contributed by atoms with Crippen molar-refractivity contribution in [1.29, 1.82) is 0 Å². The van der Waals surface area contributed by atoms with Crippen LogP contribution >= 0.6 is 0 Å². The highest BCUT2D eigenvalue weighted by Crippen LogP contribution is 2.35. The predicted molar refractivity (Wildman–Crippen MR) is 79.4 cm³/mol. The molecule has 1 saturated carbocycles. The number of anilines is 1. The van der Waals surface area contributed by atoms with E-state index in [9.17, 15) is 0 Å². The van der Waals surface area contributed by atoms with E-state index in [1.807, 2.05) is 6.92 Å². The van der Waals surface area contributed by atoms with Gasteiger partial charge in [0.05, 0.1) is 7.11 Å². The Morgan fingerprint density at radius 1 is 1.25 bits per heavy atom. The third-order valence-corrected chi connectivity index (χ3v) is 3.95. The second-order valence-electron chi connectivity index (χ2n) is 5.20. The van der Waals surface area contributed by atoms with Crippen LogP contribution in [-0.4, -0.2) is 29.7 Å². The lowest BCUT2D eigenvalue weighted by Crippen LogP contribution is -2.30. The molecule has 1 aliphatic carbocycles. The van der Waals surface area contributed by atoms with Gasteiger partial charge in [0.2, 0.25) is 5.75 Å². The summed E-state index contributed by atoms with van der Waals surface area (Å²) >= 11 is 0. The number of hydrogen-bond acceptors (Lipinski definition) is 5. The molecule has 1 fully saturated rings. The molecule has 0 spiro atoms. The Balaban J connectivity index is 2.17. The molecule has 1 aromatic heterocycles. The Kier molecular flexibility index (Phi) is 5.44. The van der Waals surface area contributed by atoms with Crippen LogP contribution in [0.25, 0.3) is 0 Å². The number of aromatic nitrogens is 2. The van der Waals surface area contributed by atoms with Crippen molar-refractivity contribution >= 4 is 5.82 Å². The first-order chi connectivity index (χ1) is 9.80. The molecule has 0 amide bonds. The Morgan fingerprint density at radius 3 is 2.75 bits per heavy atom. The number of hydrogen-bond donors (Lipinski definition) is 1. The van der Waals surface area contributed by atoms with Crippen molar-refractivity contribution in [3.05, 3.63) is 6.33 Å². The SMILES string of the molecule is CCNc1ncnc(OC2CCCCC2CC)c1OC. The van der Waals surface area contributed by atoms with Gasteiger partial charge in [-0.1, -0.05) is 13.3 Å². The second kappa shape index (κ2) is 7.31. The lowest BCUT2D eigenvalue weighted by atomic mass is 9.85. The lowest BCUT2D eigenvalue weighted by molar-refractivity contribution is 0.0825. The fourth-order valence-corrected chi connectivity index (χ4v) is 2.86. The first-order valence-electron chi connectivity index (χ1n) is 7.59. The standard InChI is InChI=1S/C15H25N3O2/c1-4-11-8-6-7-9-12(11)20-15-13(19-3)14(16-5-2)17-10-18-15/h10-12H,4-9H2,1-3H3,(H,16,17,18). The predicted octanol–water partition coefficient (Wildman–Crippen LogP) is 3.26. The number of nitrogens with one attached hydrogen (secondary N) is 1. The maximum atomic E-state index is 6.15. The van der Waals surface area contributed by atoms with Gasteiger partial charge in [-0.2, -0.15) is 4.98 Å². The summed E-state index contributed by atoms with van der Waals surface area (Å²) in [5.74, 6) is 2.48. The molecule has 0 radical (unpaired) electrons. The van der Waals surface area contributed by atoms with Crippen LogP contribution in [0.4, 0.5) is 5.82 Å². The summed E-state index contributed by atoms with van der Waals surface area (Å²) in [5.41, 5.74) is 0. The summed E-state index contributed by atoms with van der Waals surface area (Å²) in [6, 6.07) is 0. The van der Waals surface area contributed by atoms with E-state index in [-0.39, 0.29) is 6.10 Å². The highest BCUT2D eigenvalue weighted by molar-refractivity contribution is 5.54. The van der Waals surface area contributed by atoms with Crippen LogP contribution in [0.3, 0.4) is 0 Å². The first-order valence-corrected chi connectivity index (χ1v) is 7.59. The van der Waals surface area contributed by atoms with Crippen molar-refractivity contribution in [3.8, 4) is 11.6 Å². The first kappa shape index (κ1) is 14.9. The molecule has 0 aliphatic heterocycles. The van der Waals surface area contributed by atoms with Crippen LogP contribution in [-0.2, 0) is 0 Å². The Hall–Kier alpha value is -1.52. The Labute approximate surface area is 121 Å². The summed E-state index contributed by atoms with van der Waals surface area (Å²) in [5, 5.41) is 3.17. The van der Waals surface area contributed by atoms with Crippen LogP contribution in [0.5, 0.6) is 11.6 Å². The van der Waals surface area contributed by atoms with Gasteiger partial charge in [0.15, 0.2) is 5.82 Å². The fraction of sp³-hybridized carbons (Fsp3) is 0.733. The van der Waals surface area contributed by atoms with Crippen molar-refractivity contribution in [2.75, 3.05) is 19.0 Å². The molecule has 2 atom stereocenters. The molecule has 0 bridgehead atoms. The smallest absolute Gasteiger partial charge is 0.262 e. The van der Waals surface area contributed by atoms with Gasteiger partial charge in [0.25, 0.3) is 5.88 Å². The maximum absolute atomic E-state index is 6.15. The zero-order valence-electron chi connectivity index (χ0n) is 12.7. The van der Waals surface area contributed by atoms with Crippen molar-refractivity contribution < 1.29 is 9.47 Å². The van der Waals surface area contributed by atoms with E-state index in [1.165, 1.54) is 25.6 Å². The van der Waals surface area contributed by atoms with E-state index in [0.29, 0.717) is 23.4 Å². The Morgan fingerprint density at radius 2 is 2.05 bits per heavy atom. The number of nitrogens with zero attached hydrogens (tertiary/aromatic N) is 2. The van der Waals surface area contributed by atoms with E-state index >= 15 is 0 Å². The minimum absolute atomic E-state index is 0.243. The number of methoxy groups -OCH3 is 1. The zero-order chi connectivity index (χ0) is 14.4. The van der Waals surface area contributed by atoms with Crippen LogP contribution < -0.4 is 14.8 Å². The number of rotatable bonds is 6. The third kappa shape index (κ3) is 3.32. The minimum Gasteiger partial charge on any atom is -0.489 e. The van der Waals surface area contributed by atoms with Crippen molar-refractivity contribution in [3.63, 3.8) is 0 Å². The summed E-state index contributed by atoms with van der Waals surface area (Å²) < 4.78 is 11.6. The van der Waals surface area contributed by atoms with Crippen molar-refractivity contribution in [2.24, 2.45) is 5.92 Å². The molecule has 5 nitrogen and oxygen atoms in total.